The molecule has 4 aromatic carbocycles. The van der Waals surface area contributed by atoms with Crippen molar-refractivity contribution in [3.8, 4) is 23.0 Å². The van der Waals surface area contributed by atoms with E-state index >= 15 is 0 Å². The van der Waals surface area contributed by atoms with Gasteiger partial charge in [-0.2, -0.15) is 0 Å². The average Bonchev–Trinajstić information content (AvgIpc) is 3.17. The van der Waals surface area contributed by atoms with Gasteiger partial charge in [0, 0.05) is 0 Å². The molecule has 4 aromatic rings. The highest BCUT2D eigenvalue weighted by Crippen LogP contribution is 2.71. The van der Waals surface area contributed by atoms with Crippen LogP contribution in [0.4, 0.5) is 0 Å². The summed E-state index contributed by atoms with van der Waals surface area (Å²) in [6.45, 7) is 38.0. The molecule has 0 unspecified atom stereocenters. The first kappa shape index (κ1) is 47.6. The third-order valence-electron chi connectivity index (χ3n) is 11.5. The fraction of sp³-hybridized carbons (Fsp3) is 0.538. The third-order valence-corrected chi connectivity index (χ3v) is 19.3. The van der Waals surface area contributed by atoms with E-state index in [4.69, 9.17) is 18.9 Å². The second-order valence-electron chi connectivity index (χ2n) is 18.5. The fourth-order valence-corrected chi connectivity index (χ4v) is 19.2. The van der Waals surface area contributed by atoms with Gasteiger partial charge in [0.1, 0.15) is 23.0 Å². The van der Waals surface area contributed by atoms with E-state index < -0.39 is 15.2 Å². The van der Waals surface area contributed by atoms with Gasteiger partial charge in [0.05, 0.1) is 28.4 Å². The van der Waals surface area contributed by atoms with Gasteiger partial charge in [-0.05, 0) is 177 Å². The number of rotatable bonds is 17. The highest BCUT2D eigenvalue weighted by Gasteiger charge is 2.42. The van der Waals surface area contributed by atoms with Crippen molar-refractivity contribution in [3.05, 3.63) is 93.0 Å². The number of methoxy groups -OCH3 is 4. The molecule has 0 N–H and O–H groups in total. The van der Waals surface area contributed by atoms with Gasteiger partial charge in [-0.15, -0.1) is 0 Å². The van der Waals surface area contributed by atoms with E-state index in [1.807, 2.05) is 28.4 Å². The Labute approximate surface area is 356 Å². The smallest absolute Gasteiger partial charge is 0.119 e. The molecule has 0 bridgehead atoms. The zero-order valence-corrected chi connectivity index (χ0v) is 41.6. The van der Waals surface area contributed by atoms with Crippen LogP contribution in [0.2, 0.25) is 0 Å². The maximum absolute atomic E-state index is 6.14. The van der Waals surface area contributed by atoms with Crippen LogP contribution in [0.25, 0.3) is 0 Å². The Morgan fingerprint density at radius 2 is 0.379 bits per heavy atom. The van der Waals surface area contributed by atoms with Crippen molar-refractivity contribution in [2.75, 3.05) is 28.4 Å². The highest BCUT2D eigenvalue weighted by molar-refractivity contribution is 8.41. The summed E-state index contributed by atoms with van der Waals surface area (Å²) in [5.41, 5.74) is 11.1. The molecule has 0 fully saturated rings. The zero-order valence-electron chi connectivity index (χ0n) is 39.8. The summed E-state index contributed by atoms with van der Waals surface area (Å²) in [6.07, 6.45) is 0. The molecule has 4 nitrogen and oxygen atoms in total. The summed E-state index contributed by atoms with van der Waals surface area (Å²) < 4.78 is 24.6. The molecule has 318 valence electrons. The van der Waals surface area contributed by atoms with E-state index in [1.165, 1.54) is 65.7 Å². The second kappa shape index (κ2) is 20.0. The van der Waals surface area contributed by atoms with E-state index in [-0.39, 0.29) is 47.3 Å². The summed E-state index contributed by atoms with van der Waals surface area (Å²) in [4.78, 5) is 0. The van der Waals surface area contributed by atoms with Crippen LogP contribution in [0.3, 0.4) is 0 Å². The monoisotopic (exact) mass is 827 g/mol. The molecule has 0 aliphatic rings. The minimum Gasteiger partial charge on any atom is -0.497 e. The van der Waals surface area contributed by atoms with Gasteiger partial charge in [-0.25, -0.2) is 0 Å². The predicted molar refractivity (Wildman–Crippen MR) is 257 cm³/mol. The summed E-state index contributed by atoms with van der Waals surface area (Å²) in [6, 6.07) is 18.9. The van der Waals surface area contributed by atoms with Crippen molar-refractivity contribution in [2.24, 2.45) is 0 Å². The molecule has 58 heavy (non-hydrogen) atoms. The molecule has 0 aliphatic heterocycles. The van der Waals surface area contributed by atoms with Crippen LogP contribution < -0.4 is 40.2 Å². The average molecular weight is 827 g/mol. The SMILES string of the molecule is COc1cc(C(C)C)c(P(c2c(C(C)C)cc(OC)cc2C(C)C)P(c2c(C(C)C)cc(OC)cc2C(C)C)c2c(C(C)C)cc(OC)cc2C(C)C)c(C(C)C)c1. The molecule has 0 saturated heterocycles. The molecule has 0 amide bonds. The zero-order chi connectivity index (χ0) is 43.5. The Morgan fingerprint density at radius 1 is 0.259 bits per heavy atom. The summed E-state index contributed by atoms with van der Waals surface area (Å²) in [7, 11) is 5.00. The van der Waals surface area contributed by atoms with Gasteiger partial charge in [-0.3, -0.25) is 0 Å². The van der Waals surface area contributed by atoms with Gasteiger partial charge in [0.25, 0.3) is 0 Å². The molecule has 0 spiro atoms. The van der Waals surface area contributed by atoms with E-state index in [2.05, 4.69) is 159 Å². The van der Waals surface area contributed by atoms with Crippen LogP contribution in [0, 0.1) is 0 Å². The number of benzene rings is 4. The molecule has 6 heteroatoms. The lowest BCUT2D eigenvalue weighted by Crippen LogP contribution is -2.33. The van der Waals surface area contributed by atoms with Crippen LogP contribution in [-0.4, -0.2) is 28.4 Å². The molecule has 0 atom stereocenters. The van der Waals surface area contributed by atoms with E-state index in [0.29, 0.717) is 0 Å². The first-order chi connectivity index (χ1) is 27.2. The fourth-order valence-electron chi connectivity index (χ4n) is 8.20. The normalized spacial score (nSPS) is 12.3. The molecule has 0 radical (unpaired) electrons. The van der Waals surface area contributed by atoms with Gasteiger partial charge in [0.2, 0.25) is 0 Å². The van der Waals surface area contributed by atoms with Gasteiger partial charge >= 0.3 is 0 Å². The van der Waals surface area contributed by atoms with Crippen molar-refractivity contribution >= 4 is 36.4 Å². The predicted octanol–water partition coefficient (Wildman–Crippen LogP) is 14.2. The number of hydrogen-bond acceptors (Lipinski definition) is 4. The van der Waals surface area contributed by atoms with E-state index in [9.17, 15) is 0 Å². The Balaban J connectivity index is 2.62. The molecule has 0 heterocycles. The topological polar surface area (TPSA) is 36.9 Å². The Bertz CT molecular complexity index is 1620. The van der Waals surface area contributed by atoms with Gasteiger partial charge in [0.15, 0.2) is 0 Å². The first-order valence-electron chi connectivity index (χ1n) is 21.7. The maximum Gasteiger partial charge on any atom is 0.119 e. The quantitative estimate of drug-likeness (QED) is 0.0994. The van der Waals surface area contributed by atoms with Crippen molar-refractivity contribution in [2.45, 2.75) is 158 Å². The van der Waals surface area contributed by atoms with Crippen LogP contribution in [-0.2, 0) is 0 Å². The minimum absolute atomic E-state index is 0.266. The maximum atomic E-state index is 6.14. The van der Waals surface area contributed by atoms with E-state index in [0.717, 1.165) is 23.0 Å². The summed E-state index contributed by atoms with van der Waals surface area (Å²) >= 11 is 0. The molecule has 0 aliphatic carbocycles. The van der Waals surface area contributed by atoms with Crippen LogP contribution in [0.1, 0.15) is 203 Å². The van der Waals surface area contributed by atoms with Crippen molar-refractivity contribution in [3.63, 3.8) is 0 Å². The lowest BCUT2D eigenvalue weighted by Gasteiger charge is -2.42. The molecule has 0 aromatic heterocycles. The van der Waals surface area contributed by atoms with Crippen molar-refractivity contribution in [1.82, 2.24) is 0 Å². The van der Waals surface area contributed by atoms with Crippen molar-refractivity contribution < 1.29 is 18.9 Å². The Morgan fingerprint density at radius 3 is 0.466 bits per heavy atom. The number of hydrogen-bond donors (Lipinski definition) is 0. The van der Waals surface area contributed by atoms with E-state index in [1.54, 1.807) is 0 Å². The summed E-state index contributed by atoms with van der Waals surface area (Å²) in [5, 5.41) is 6.06. The standard InChI is InChI=1S/C52H76O4P2/c1-29(2)41-21-37(53-17)22-42(30(3)4)49(41)57(50-43(31(5)6)23-38(54-18)24-44(50)32(7)8)58(51-45(33(9)10)25-39(55-19)26-46(51)34(11)12)52-47(35(13)14)27-40(56-20)28-48(52)36(15)16/h21-36H,1-20H3. The lowest BCUT2D eigenvalue weighted by atomic mass is 9.94. The van der Waals surface area contributed by atoms with Gasteiger partial charge in [-0.1, -0.05) is 111 Å². The molecular formula is C52H76O4P2. The van der Waals surface area contributed by atoms with Crippen LogP contribution in [0.5, 0.6) is 23.0 Å². The second-order valence-corrected chi connectivity index (χ2v) is 23.9. The third kappa shape index (κ3) is 9.76. The summed E-state index contributed by atoms with van der Waals surface area (Å²) in [5.74, 6) is 5.87. The van der Waals surface area contributed by atoms with Gasteiger partial charge < -0.3 is 18.9 Å². The Hall–Kier alpha value is -3.06. The lowest BCUT2D eigenvalue weighted by molar-refractivity contribution is 0.413. The molecule has 4 rings (SSSR count). The Kier molecular flexibility index (Phi) is 16.4. The highest BCUT2D eigenvalue weighted by atomic mass is 32.1. The largest absolute Gasteiger partial charge is 0.497 e. The molecular weight excluding hydrogens is 751 g/mol. The molecule has 0 saturated carbocycles. The van der Waals surface area contributed by atoms with Crippen LogP contribution >= 0.6 is 15.2 Å². The number of ether oxygens (including phenoxy) is 4. The van der Waals surface area contributed by atoms with Crippen molar-refractivity contribution in [1.29, 1.82) is 0 Å². The minimum atomic E-state index is -1.13. The van der Waals surface area contributed by atoms with Crippen LogP contribution in [0.15, 0.2) is 48.5 Å². The first-order valence-corrected chi connectivity index (χ1v) is 25.1.